The maximum Gasteiger partial charge on any atom is 0.337 e. The fourth-order valence-electron chi connectivity index (χ4n) is 2.85. The number of nitrogens with zero attached hydrogens (tertiary/aromatic N) is 1. The summed E-state index contributed by atoms with van der Waals surface area (Å²) in [7, 11) is 1.31. The predicted molar refractivity (Wildman–Crippen MR) is 107 cm³/mol. The van der Waals surface area contributed by atoms with Gasteiger partial charge in [-0.15, -0.1) is 0 Å². The highest BCUT2D eigenvalue weighted by atomic mass is 19.1. The van der Waals surface area contributed by atoms with Crippen molar-refractivity contribution in [2.75, 3.05) is 25.6 Å². The molecule has 1 aliphatic heterocycles. The highest BCUT2D eigenvalue weighted by molar-refractivity contribution is 6.10. The molecule has 1 amide bonds. The second kappa shape index (κ2) is 9.79. The predicted octanol–water partition coefficient (Wildman–Crippen LogP) is 2.99. The van der Waals surface area contributed by atoms with Crippen molar-refractivity contribution in [3.05, 3.63) is 65.5 Å². The molecule has 0 radical (unpaired) electrons. The van der Waals surface area contributed by atoms with Crippen LogP contribution in [-0.2, 0) is 9.47 Å². The van der Waals surface area contributed by atoms with Gasteiger partial charge in [-0.1, -0.05) is 6.07 Å². The van der Waals surface area contributed by atoms with Crippen molar-refractivity contribution in [3.8, 4) is 0 Å². The summed E-state index contributed by atoms with van der Waals surface area (Å²) in [4.78, 5) is 28.7. The summed E-state index contributed by atoms with van der Waals surface area (Å²) in [6, 6.07) is 11.8. The number of aliphatic imine (C=N–C) groups is 1. The Kier molecular flexibility index (Phi) is 6.91. The van der Waals surface area contributed by atoms with Crippen molar-refractivity contribution in [2.24, 2.45) is 4.99 Å². The smallest absolute Gasteiger partial charge is 0.337 e. The number of ether oxygens (including phenoxy) is 2. The van der Waals surface area contributed by atoms with E-state index in [1.807, 2.05) is 0 Å². The molecular formula is C21H22FN3O4. The van der Waals surface area contributed by atoms with Crippen molar-refractivity contribution < 1.29 is 23.5 Å². The first-order chi connectivity index (χ1) is 14.0. The summed E-state index contributed by atoms with van der Waals surface area (Å²) < 4.78 is 23.4. The van der Waals surface area contributed by atoms with Gasteiger partial charge in [0.2, 0.25) is 5.96 Å². The summed E-state index contributed by atoms with van der Waals surface area (Å²) in [6.45, 7) is 1.08. The summed E-state index contributed by atoms with van der Waals surface area (Å²) >= 11 is 0. The lowest BCUT2D eigenvalue weighted by atomic mass is 10.2. The molecule has 0 aliphatic carbocycles. The molecule has 29 heavy (non-hydrogen) atoms. The Labute approximate surface area is 167 Å². The summed E-state index contributed by atoms with van der Waals surface area (Å²) in [5, 5.41) is 5.71. The summed E-state index contributed by atoms with van der Waals surface area (Å²) in [6.07, 6.45) is 1.88. The number of hydrogen-bond acceptors (Lipinski definition) is 5. The van der Waals surface area contributed by atoms with E-state index >= 15 is 0 Å². The first-order valence-electron chi connectivity index (χ1n) is 9.23. The largest absolute Gasteiger partial charge is 0.465 e. The molecule has 0 saturated carbocycles. The Morgan fingerprint density at radius 1 is 1.21 bits per heavy atom. The van der Waals surface area contributed by atoms with Gasteiger partial charge in [-0.2, -0.15) is 0 Å². The molecule has 7 nitrogen and oxygen atoms in total. The van der Waals surface area contributed by atoms with Crippen LogP contribution in [0.1, 0.15) is 33.6 Å². The molecule has 1 aliphatic rings. The third-order valence-electron chi connectivity index (χ3n) is 4.36. The number of esters is 1. The van der Waals surface area contributed by atoms with E-state index in [1.165, 1.54) is 31.4 Å². The molecule has 2 aromatic carbocycles. The van der Waals surface area contributed by atoms with E-state index in [9.17, 15) is 14.0 Å². The average Bonchev–Trinajstić information content (AvgIpc) is 3.25. The number of carbonyl (C=O) groups excluding carboxylic acids is 2. The number of rotatable bonds is 5. The topological polar surface area (TPSA) is 89.0 Å². The molecule has 2 N–H and O–H groups in total. The molecule has 0 unspecified atom stereocenters. The monoisotopic (exact) mass is 399 g/mol. The number of halogens is 1. The molecule has 3 rings (SSSR count). The number of anilines is 1. The minimum atomic E-state index is -0.471. The molecule has 1 heterocycles. The number of methoxy groups -OCH3 is 1. The van der Waals surface area contributed by atoms with Crippen LogP contribution in [0.15, 0.2) is 53.5 Å². The second-order valence-electron chi connectivity index (χ2n) is 6.48. The van der Waals surface area contributed by atoms with Crippen LogP contribution < -0.4 is 10.6 Å². The zero-order valence-corrected chi connectivity index (χ0v) is 16.0. The molecule has 0 aromatic heterocycles. The molecule has 8 heteroatoms. The average molecular weight is 399 g/mol. The SMILES string of the molecule is COC(=O)c1cccc(NC(=NC[C@@H]2CCCO2)NC(=O)c2ccc(F)cc2)c1. The lowest BCUT2D eigenvalue weighted by Crippen LogP contribution is -2.36. The van der Waals surface area contributed by atoms with E-state index in [0.29, 0.717) is 30.0 Å². The molecule has 1 fully saturated rings. The van der Waals surface area contributed by atoms with Gasteiger partial charge in [-0.3, -0.25) is 10.1 Å². The fourth-order valence-corrected chi connectivity index (χ4v) is 2.85. The van der Waals surface area contributed by atoms with Crippen LogP contribution >= 0.6 is 0 Å². The lowest BCUT2D eigenvalue weighted by Gasteiger charge is -2.14. The Hall–Kier alpha value is -3.26. The van der Waals surface area contributed by atoms with Gasteiger partial charge in [0.25, 0.3) is 5.91 Å². The zero-order valence-electron chi connectivity index (χ0n) is 16.0. The number of guanidine groups is 1. The summed E-state index contributed by atoms with van der Waals surface area (Å²) in [5.41, 5.74) is 1.21. The van der Waals surface area contributed by atoms with Crippen LogP contribution in [0.5, 0.6) is 0 Å². The van der Waals surface area contributed by atoms with Gasteiger partial charge in [0.1, 0.15) is 5.82 Å². The highest BCUT2D eigenvalue weighted by Gasteiger charge is 2.16. The molecular weight excluding hydrogens is 377 g/mol. The van der Waals surface area contributed by atoms with E-state index in [1.54, 1.807) is 24.3 Å². The van der Waals surface area contributed by atoms with Crippen molar-refractivity contribution in [1.82, 2.24) is 5.32 Å². The van der Waals surface area contributed by atoms with E-state index in [0.717, 1.165) is 12.8 Å². The van der Waals surface area contributed by atoms with Gasteiger partial charge in [0, 0.05) is 17.9 Å². The number of benzene rings is 2. The Morgan fingerprint density at radius 3 is 2.69 bits per heavy atom. The molecule has 1 saturated heterocycles. The molecule has 2 aromatic rings. The standard InChI is InChI=1S/C21H22FN3O4/c1-28-20(27)15-4-2-5-17(12-15)24-21(23-13-18-6-3-11-29-18)25-19(26)14-7-9-16(22)10-8-14/h2,4-5,7-10,12,18H,3,6,11,13H2,1H3,(H2,23,24,25,26)/t18-/m0/s1. The van der Waals surface area contributed by atoms with Crippen molar-refractivity contribution in [1.29, 1.82) is 0 Å². The van der Waals surface area contributed by atoms with Gasteiger partial charge >= 0.3 is 5.97 Å². The van der Waals surface area contributed by atoms with Gasteiger partial charge in [0.05, 0.1) is 25.3 Å². The van der Waals surface area contributed by atoms with Crippen LogP contribution in [0.25, 0.3) is 0 Å². The third kappa shape index (κ3) is 5.86. The van der Waals surface area contributed by atoms with Crippen LogP contribution in [0.4, 0.5) is 10.1 Å². The first-order valence-corrected chi connectivity index (χ1v) is 9.23. The maximum absolute atomic E-state index is 13.1. The number of nitrogens with one attached hydrogen (secondary N) is 2. The number of amides is 1. The molecule has 0 bridgehead atoms. The minimum Gasteiger partial charge on any atom is -0.465 e. The Bertz CT molecular complexity index is 893. The van der Waals surface area contributed by atoms with Crippen LogP contribution in [0, 0.1) is 5.82 Å². The summed E-state index contributed by atoms with van der Waals surface area (Å²) in [5.74, 6) is -1.13. The van der Waals surface area contributed by atoms with E-state index < -0.39 is 17.7 Å². The van der Waals surface area contributed by atoms with Gasteiger partial charge < -0.3 is 14.8 Å². The zero-order chi connectivity index (χ0) is 20.6. The third-order valence-corrected chi connectivity index (χ3v) is 4.36. The number of carbonyl (C=O) groups is 2. The van der Waals surface area contributed by atoms with Crippen molar-refractivity contribution >= 4 is 23.5 Å². The van der Waals surface area contributed by atoms with Crippen LogP contribution in [0.3, 0.4) is 0 Å². The molecule has 1 atom stereocenters. The number of hydrogen-bond donors (Lipinski definition) is 2. The normalized spacial score (nSPS) is 16.3. The van der Waals surface area contributed by atoms with E-state index in [2.05, 4.69) is 15.6 Å². The maximum atomic E-state index is 13.1. The van der Waals surface area contributed by atoms with E-state index in [-0.39, 0.29) is 12.1 Å². The fraction of sp³-hybridized carbons (Fsp3) is 0.286. The minimum absolute atomic E-state index is 0.00377. The Balaban J connectivity index is 1.77. The van der Waals surface area contributed by atoms with Gasteiger partial charge in [-0.25, -0.2) is 14.2 Å². The van der Waals surface area contributed by atoms with Crippen LogP contribution in [0.2, 0.25) is 0 Å². The first kappa shape index (κ1) is 20.5. The van der Waals surface area contributed by atoms with Crippen molar-refractivity contribution in [3.63, 3.8) is 0 Å². The molecule has 0 spiro atoms. The van der Waals surface area contributed by atoms with Gasteiger partial charge in [-0.05, 0) is 55.3 Å². The quantitative estimate of drug-likeness (QED) is 0.458. The molecule has 152 valence electrons. The van der Waals surface area contributed by atoms with Crippen molar-refractivity contribution in [2.45, 2.75) is 18.9 Å². The van der Waals surface area contributed by atoms with Gasteiger partial charge in [0.15, 0.2) is 0 Å². The Morgan fingerprint density at radius 2 is 2.00 bits per heavy atom. The highest BCUT2D eigenvalue weighted by Crippen LogP contribution is 2.14. The lowest BCUT2D eigenvalue weighted by molar-refractivity contribution is 0.0600. The van der Waals surface area contributed by atoms with Crippen LogP contribution in [-0.4, -0.2) is 44.2 Å². The van der Waals surface area contributed by atoms with E-state index in [4.69, 9.17) is 9.47 Å². The second-order valence-corrected chi connectivity index (χ2v) is 6.48.